The highest BCUT2D eigenvalue weighted by atomic mass is 127. The van der Waals surface area contributed by atoms with Crippen molar-refractivity contribution in [3.8, 4) is 11.5 Å². The zero-order valence-electron chi connectivity index (χ0n) is 16.3. The van der Waals surface area contributed by atoms with Crippen molar-refractivity contribution in [2.75, 3.05) is 27.3 Å². The molecule has 0 radical (unpaired) electrons. The van der Waals surface area contributed by atoms with Gasteiger partial charge in [-0.15, -0.1) is 24.0 Å². The van der Waals surface area contributed by atoms with Gasteiger partial charge in [0.25, 0.3) is 5.91 Å². The van der Waals surface area contributed by atoms with Crippen LogP contribution in [0.15, 0.2) is 39.7 Å². The van der Waals surface area contributed by atoms with E-state index in [4.69, 9.17) is 19.6 Å². The summed E-state index contributed by atoms with van der Waals surface area (Å²) < 4.78 is 15.9. The van der Waals surface area contributed by atoms with Gasteiger partial charge in [-0.3, -0.25) is 4.79 Å². The number of ether oxygens (including phenoxy) is 2. The molecule has 0 aliphatic carbocycles. The molecule has 9 heteroatoms. The third-order valence-corrected chi connectivity index (χ3v) is 3.80. The van der Waals surface area contributed by atoms with Gasteiger partial charge in [0.1, 0.15) is 12.3 Å². The van der Waals surface area contributed by atoms with Gasteiger partial charge in [-0.1, -0.05) is 6.07 Å². The molecule has 0 unspecified atom stereocenters. The number of carbonyl (C=O) groups is 1. The molecule has 1 amide bonds. The summed E-state index contributed by atoms with van der Waals surface area (Å²) in [6.45, 7) is 3.71. The fraction of sp³-hybridized carbons (Fsp3) is 0.368. The first-order chi connectivity index (χ1) is 13.1. The van der Waals surface area contributed by atoms with Crippen LogP contribution in [0.4, 0.5) is 0 Å². The smallest absolute Gasteiger partial charge is 0.284 e. The van der Waals surface area contributed by atoms with E-state index in [0.717, 1.165) is 18.5 Å². The molecule has 0 aliphatic rings. The van der Waals surface area contributed by atoms with Gasteiger partial charge in [0, 0.05) is 13.1 Å². The molecule has 2 rings (SSSR count). The van der Waals surface area contributed by atoms with Gasteiger partial charge in [-0.2, -0.15) is 0 Å². The highest BCUT2D eigenvalue weighted by Crippen LogP contribution is 2.27. The molecular weight excluding hydrogens is 475 g/mol. The van der Waals surface area contributed by atoms with E-state index in [2.05, 4.69) is 15.6 Å². The van der Waals surface area contributed by atoms with E-state index in [1.54, 1.807) is 26.4 Å². The lowest BCUT2D eigenvalue weighted by molar-refractivity contribution is 0.0972. The first kappa shape index (κ1) is 23.6. The minimum atomic E-state index is -0.592. The molecule has 0 saturated carbocycles. The molecular formula is C19H27IN4O4. The maximum Gasteiger partial charge on any atom is 0.284 e. The highest BCUT2D eigenvalue weighted by molar-refractivity contribution is 14.0. The first-order valence-corrected chi connectivity index (χ1v) is 8.69. The molecule has 0 fully saturated rings. The minimum absolute atomic E-state index is 0. The predicted molar refractivity (Wildman–Crippen MR) is 119 cm³/mol. The van der Waals surface area contributed by atoms with Gasteiger partial charge < -0.3 is 30.3 Å². The van der Waals surface area contributed by atoms with Crippen molar-refractivity contribution in [2.45, 2.75) is 19.9 Å². The summed E-state index contributed by atoms with van der Waals surface area (Å²) in [5.74, 6) is 2.18. The predicted octanol–water partition coefficient (Wildman–Crippen LogP) is 2.31. The fourth-order valence-electron chi connectivity index (χ4n) is 2.46. The lowest BCUT2D eigenvalue weighted by Gasteiger charge is -2.12. The summed E-state index contributed by atoms with van der Waals surface area (Å²) in [4.78, 5) is 15.5. The second-order valence-corrected chi connectivity index (χ2v) is 5.69. The molecule has 154 valence electrons. The SMILES string of the molecule is CCNC(=NCc1ccc(C(N)=O)o1)NCCc1ccc(OC)c(OC)c1.I. The van der Waals surface area contributed by atoms with E-state index < -0.39 is 5.91 Å². The summed E-state index contributed by atoms with van der Waals surface area (Å²) in [5, 5.41) is 6.44. The molecule has 4 N–H and O–H groups in total. The zero-order valence-corrected chi connectivity index (χ0v) is 18.6. The van der Waals surface area contributed by atoms with Gasteiger partial charge in [-0.05, 0) is 43.2 Å². The largest absolute Gasteiger partial charge is 0.493 e. The molecule has 2 aromatic rings. The van der Waals surface area contributed by atoms with Crippen molar-refractivity contribution >= 4 is 35.8 Å². The number of carbonyl (C=O) groups excluding carboxylic acids is 1. The van der Waals surface area contributed by atoms with Gasteiger partial charge in [-0.25, -0.2) is 4.99 Å². The highest BCUT2D eigenvalue weighted by Gasteiger charge is 2.07. The van der Waals surface area contributed by atoms with Crippen molar-refractivity contribution < 1.29 is 18.7 Å². The Morgan fingerprint density at radius 1 is 1.14 bits per heavy atom. The Labute approximate surface area is 181 Å². The van der Waals surface area contributed by atoms with Crippen LogP contribution in [0.5, 0.6) is 11.5 Å². The molecule has 1 heterocycles. The van der Waals surface area contributed by atoms with Crippen LogP contribution in [0.1, 0.15) is 28.8 Å². The summed E-state index contributed by atoms with van der Waals surface area (Å²) in [6.07, 6.45) is 0.789. The number of primary amides is 1. The quantitative estimate of drug-likeness (QED) is 0.276. The fourth-order valence-corrected chi connectivity index (χ4v) is 2.46. The number of furan rings is 1. The number of nitrogens with one attached hydrogen (secondary N) is 2. The average Bonchev–Trinajstić information content (AvgIpc) is 3.15. The van der Waals surface area contributed by atoms with Crippen molar-refractivity contribution in [3.63, 3.8) is 0 Å². The van der Waals surface area contributed by atoms with E-state index >= 15 is 0 Å². The number of hydrogen-bond donors (Lipinski definition) is 3. The number of aliphatic imine (C=N–C) groups is 1. The van der Waals surface area contributed by atoms with Crippen molar-refractivity contribution in [1.82, 2.24) is 10.6 Å². The monoisotopic (exact) mass is 502 g/mol. The molecule has 1 aromatic carbocycles. The number of rotatable bonds is 9. The summed E-state index contributed by atoms with van der Waals surface area (Å²) in [6, 6.07) is 9.09. The molecule has 0 bridgehead atoms. The van der Waals surface area contributed by atoms with Crippen LogP contribution < -0.4 is 25.8 Å². The van der Waals surface area contributed by atoms with Crippen LogP contribution in [0.25, 0.3) is 0 Å². The van der Waals surface area contributed by atoms with Crippen LogP contribution in [-0.2, 0) is 13.0 Å². The summed E-state index contributed by atoms with van der Waals surface area (Å²) in [5.41, 5.74) is 6.30. The average molecular weight is 502 g/mol. The van der Waals surface area contributed by atoms with Gasteiger partial charge in [0.2, 0.25) is 0 Å². The number of guanidine groups is 1. The van der Waals surface area contributed by atoms with Crippen molar-refractivity contribution in [2.24, 2.45) is 10.7 Å². The van der Waals surface area contributed by atoms with Crippen LogP contribution in [0.2, 0.25) is 0 Å². The van der Waals surface area contributed by atoms with E-state index in [9.17, 15) is 4.79 Å². The molecule has 8 nitrogen and oxygen atoms in total. The standard InChI is InChI=1S/C19H26N4O4.HI/c1-4-21-19(23-12-14-6-8-16(27-14)18(20)24)22-10-9-13-5-7-15(25-2)17(11-13)26-3;/h5-8,11H,4,9-10,12H2,1-3H3,(H2,20,24)(H2,21,22,23);1H. The Morgan fingerprint density at radius 3 is 2.50 bits per heavy atom. The number of nitrogens with two attached hydrogens (primary N) is 1. The number of nitrogens with zero attached hydrogens (tertiary/aromatic N) is 1. The number of amides is 1. The Balaban J connectivity index is 0.00000392. The maximum absolute atomic E-state index is 11.1. The Hall–Kier alpha value is -2.43. The van der Waals surface area contributed by atoms with E-state index in [-0.39, 0.29) is 29.7 Å². The maximum atomic E-state index is 11.1. The molecule has 0 saturated heterocycles. The Bertz CT molecular complexity index is 792. The molecule has 0 atom stereocenters. The zero-order chi connectivity index (χ0) is 19.6. The van der Waals surface area contributed by atoms with Gasteiger partial charge in [0.15, 0.2) is 23.2 Å². The van der Waals surface area contributed by atoms with E-state index in [1.807, 2.05) is 25.1 Å². The first-order valence-electron chi connectivity index (χ1n) is 8.69. The topological polar surface area (TPSA) is 111 Å². The summed E-state index contributed by atoms with van der Waals surface area (Å²) >= 11 is 0. The molecule has 1 aromatic heterocycles. The van der Waals surface area contributed by atoms with Gasteiger partial charge in [0.05, 0.1) is 14.2 Å². The number of hydrogen-bond acceptors (Lipinski definition) is 5. The van der Waals surface area contributed by atoms with E-state index in [1.165, 1.54) is 0 Å². The normalized spacial score (nSPS) is 10.8. The third-order valence-electron chi connectivity index (χ3n) is 3.80. The number of methoxy groups -OCH3 is 2. The van der Waals surface area contributed by atoms with Crippen LogP contribution >= 0.6 is 24.0 Å². The third kappa shape index (κ3) is 6.95. The lowest BCUT2D eigenvalue weighted by atomic mass is 10.1. The second kappa shape index (κ2) is 12.1. The second-order valence-electron chi connectivity index (χ2n) is 5.69. The van der Waals surface area contributed by atoms with Crippen LogP contribution in [-0.4, -0.2) is 39.2 Å². The number of benzene rings is 1. The Morgan fingerprint density at radius 2 is 1.89 bits per heavy atom. The molecule has 0 aliphatic heterocycles. The van der Waals surface area contributed by atoms with Crippen molar-refractivity contribution in [1.29, 1.82) is 0 Å². The van der Waals surface area contributed by atoms with Crippen LogP contribution in [0.3, 0.4) is 0 Å². The van der Waals surface area contributed by atoms with E-state index in [0.29, 0.717) is 36.3 Å². The Kier molecular flexibility index (Phi) is 10.2. The molecule has 0 spiro atoms. The van der Waals surface area contributed by atoms with Gasteiger partial charge >= 0.3 is 0 Å². The summed E-state index contributed by atoms with van der Waals surface area (Å²) in [7, 11) is 3.23. The lowest BCUT2D eigenvalue weighted by Crippen LogP contribution is -2.38. The van der Waals surface area contributed by atoms with Crippen LogP contribution in [0, 0.1) is 0 Å². The minimum Gasteiger partial charge on any atom is -0.493 e. The van der Waals surface area contributed by atoms with Crippen molar-refractivity contribution in [3.05, 3.63) is 47.4 Å². The number of halogens is 1. The molecule has 28 heavy (non-hydrogen) atoms.